The lowest BCUT2D eigenvalue weighted by Crippen LogP contribution is -2.19. The van der Waals surface area contributed by atoms with E-state index in [9.17, 15) is 4.79 Å². The van der Waals surface area contributed by atoms with Crippen LogP contribution in [0, 0.1) is 0 Å². The molecule has 1 radical (unpaired) electrons. The second-order valence-corrected chi connectivity index (χ2v) is 2.77. The summed E-state index contributed by atoms with van der Waals surface area (Å²) in [5.74, 6) is -0.316. The third-order valence-electron chi connectivity index (χ3n) is 1.82. The first-order valence-corrected chi connectivity index (χ1v) is 4.28. The second kappa shape index (κ2) is 5.45. The molecule has 1 aromatic rings. The Labute approximate surface area is 84.3 Å². The van der Waals surface area contributed by atoms with E-state index in [2.05, 4.69) is 4.74 Å². The Morgan fingerprint density at radius 2 is 1.93 bits per heavy atom. The first-order chi connectivity index (χ1) is 6.77. The molecule has 4 heteroatoms. The van der Waals surface area contributed by atoms with E-state index in [0.717, 1.165) is 5.46 Å². The number of carbonyl (C=O) groups excluding carboxylic acids is 1. The highest BCUT2D eigenvalue weighted by Gasteiger charge is 2.04. The molecule has 0 aromatic heterocycles. The number of benzene rings is 1. The fraction of sp³-hybridized carbons (Fsp3) is 0.300. The van der Waals surface area contributed by atoms with Gasteiger partial charge in [0.2, 0.25) is 0 Å². The summed E-state index contributed by atoms with van der Waals surface area (Å²) in [7, 11) is 4.94. The van der Waals surface area contributed by atoms with Gasteiger partial charge < -0.3 is 9.47 Å². The van der Waals surface area contributed by atoms with Gasteiger partial charge in [-0.05, 0) is 12.1 Å². The molecule has 0 unspecified atom stereocenters. The Hall–Kier alpha value is -1.29. The number of esters is 1. The quantitative estimate of drug-likeness (QED) is 0.510. The molecular weight excluding hydrogens is 179 g/mol. The van der Waals surface area contributed by atoms with Crippen molar-refractivity contribution in [3.8, 4) is 0 Å². The van der Waals surface area contributed by atoms with E-state index in [1.165, 1.54) is 7.11 Å². The molecule has 0 aliphatic rings. The predicted octanol–water partition coefficient (Wildman–Crippen LogP) is 0.407. The monoisotopic (exact) mass is 191 g/mol. The van der Waals surface area contributed by atoms with Gasteiger partial charge in [0, 0.05) is 13.6 Å². The van der Waals surface area contributed by atoms with Gasteiger partial charge in [-0.25, -0.2) is 4.79 Å². The molecule has 0 aliphatic heterocycles. The van der Waals surface area contributed by atoms with Gasteiger partial charge >= 0.3 is 5.97 Å². The third kappa shape index (κ3) is 2.89. The Morgan fingerprint density at radius 3 is 2.43 bits per heavy atom. The molecule has 0 amide bonds. The Morgan fingerprint density at radius 1 is 1.29 bits per heavy atom. The van der Waals surface area contributed by atoms with Crippen molar-refractivity contribution in [3.05, 3.63) is 29.8 Å². The summed E-state index contributed by atoms with van der Waals surface area (Å²) in [5, 5.41) is 0. The molecule has 0 bridgehead atoms. The van der Waals surface area contributed by atoms with E-state index >= 15 is 0 Å². The minimum atomic E-state index is -0.316. The summed E-state index contributed by atoms with van der Waals surface area (Å²) in [6.07, 6.45) is 0. The number of ether oxygens (including phenoxy) is 2. The van der Waals surface area contributed by atoms with Crippen molar-refractivity contribution in [2.75, 3.05) is 20.7 Å². The molecule has 0 N–H and O–H groups in total. The number of rotatable bonds is 4. The van der Waals surface area contributed by atoms with Crippen LogP contribution >= 0.6 is 0 Å². The fourth-order valence-corrected chi connectivity index (χ4v) is 1.05. The van der Waals surface area contributed by atoms with E-state index in [1.54, 1.807) is 19.2 Å². The second-order valence-electron chi connectivity index (χ2n) is 2.77. The predicted molar refractivity (Wildman–Crippen MR) is 55.0 cm³/mol. The van der Waals surface area contributed by atoms with E-state index in [-0.39, 0.29) is 5.97 Å². The number of hydrogen-bond donors (Lipinski definition) is 0. The summed E-state index contributed by atoms with van der Waals surface area (Å²) in [5.41, 5.74) is 1.58. The minimum Gasteiger partial charge on any atom is -0.465 e. The largest absolute Gasteiger partial charge is 0.465 e. The average molecular weight is 191 g/mol. The van der Waals surface area contributed by atoms with Crippen molar-refractivity contribution in [2.45, 2.75) is 0 Å². The van der Waals surface area contributed by atoms with Crippen LogP contribution in [0.5, 0.6) is 0 Å². The first-order valence-electron chi connectivity index (χ1n) is 4.28. The molecule has 0 aliphatic carbocycles. The van der Waals surface area contributed by atoms with Crippen molar-refractivity contribution in [1.82, 2.24) is 0 Å². The third-order valence-corrected chi connectivity index (χ3v) is 1.82. The van der Waals surface area contributed by atoms with E-state index in [0.29, 0.717) is 12.1 Å². The molecule has 0 atom stereocenters. The Bertz CT molecular complexity index is 295. The van der Waals surface area contributed by atoms with Crippen LogP contribution in [-0.4, -0.2) is 34.0 Å². The van der Waals surface area contributed by atoms with Crippen molar-refractivity contribution < 1.29 is 14.3 Å². The Balaban J connectivity index is 2.63. The van der Waals surface area contributed by atoms with Crippen LogP contribution in [0.3, 0.4) is 0 Å². The molecule has 0 spiro atoms. The SMILES string of the molecule is COC[B]c1ccc(C(=O)OC)cc1. The first kappa shape index (κ1) is 10.8. The van der Waals surface area contributed by atoms with Gasteiger partial charge in [0.15, 0.2) is 7.28 Å². The smallest absolute Gasteiger partial charge is 0.337 e. The number of methoxy groups -OCH3 is 2. The summed E-state index contributed by atoms with van der Waals surface area (Å²) in [4.78, 5) is 11.1. The highest BCUT2D eigenvalue weighted by atomic mass is 16.5. The lowest BCUT2D eigenvalue weighted by Gasteiger charge is -2.01. The molecule has 14 heavy (non-hydrogen) atoms. The van der Waals surface area contributed by atoms with E-state index in [1.807, 2.05) is 19.4 Å². The molecule has 0 saturated heterocycles. The number of carbonyl (C=O) groups is 1. The highest BCUT2D eigenvalue weighted by molar-refractivity contribution is 6.53. The topological polar surface area (TPSA) is 35.5 Å². The van der Waals surface area contributed by atoms with Gasteiger partial charge in [-0.1, -0.05) is 17.6 Å². The molecule has 1 aromatic carbocycles. The summed E-state index contributed by atoms with van der Waals surface area (Å²) in [6, 6.07) is 7.16. The number of hydrogen-bond acceptors (Lipinski definition) is 3. The van der Waals surface area contributed by atoms with Gasteiger partial charge in [0.25, 0.3) is 0 Å². The normalized spacial score (nSPS) is 9.57. The van der Waals surface area contributed by atoms with Gasteiger partial charge in [0.1, 0.15) is 0 Å². The zero-order chi connectivity index (χ0) is 10.4. The van der Waals surface area contributed by atoms with Crippen LogP contribution in [0.2, 0.25) is 0 Å². The zero-order valence-electron chi connectivity index (χ0n) is 8.32. The summed E-state index contributed by atoms with van der Waals surface area (Å²) >= 11 is 0. The summed E-state index contributed by atoms with van der Waals surface area (Å²) < 4.78 is 9.48. The lowest BCUT2D eigenvalue weighted by atomic mass is 9.71. The van der Waals surface area contributed by atoms with Gasteiger partial charge in [-0.15, -0.1) is 0 Å². The maximum atomic E-state index is 11.1. The van der Waals surface area contributed by atoms with Gasteiger partial charge in [-0.3, -0.25) is 0 Å². The van der Waals surface area contributed by atoms with Crippen LogP contribution < -0.4 is 5.46 Å². The standard InChI is InChI=1S/C10H12BO3/c1-13-7-11-9-5-3-8(4-6-9)10(12)14-2/h3-6H,7H2,1-2H3. The highest BCUT2D eigenvalue weighted by Crippen LogP contribution is 1.98. The molecule has 1 rings (SSSR count). The van der Waals surface area contributed by atoms with Crippen LogP contribution in [-0.2, 0) is 9.47 Å². The van der Waals surface area contributed by atoms with Crippen LogP contribution in [0.4, 0.5) is 0 Å². The maximum absolute atomic E-state index is 11.1. The minimum absolute atomic E-state index is 0.316. The molecule has 0 saturated carbocycles. The Kier molecular flexibility index (Phi) is 4.20. The van der Waals surface area contributed by atoms with Gasteiger partial charge in [0.05, 0.1) is 12.7 Å². The van der Waals surface area contributed by atoms with Gasteiger partial charge in [-0.2, -0.15) is 0 Å². The van der Waals surface area contributed by atoms with E-state index < -0.39 is 0 Å². The molecular formula is C10H12BO3. The zero-order valence-corrected chi connectivity index (χ0v) is 8.32. The maximum Gasteiger partial charge on any atom is 0.337 e. The summed E-state index contributed by atoms with van der Waals surface area (Å²) in [6.45, 7) is 0.567. The fourth-order valence-electron chi connectivity index (χ4n) is 1.05. The molecule has 3 nitrogen and oxygen atoms in total. The van der Waals surface area contributed by atoms with E-state index in [4.69, 9.17) is 4.74 Å². The molecule has 73 valence electrons. The van der Waals surface area contributed by atoms with Crippen molar-refractivity contribution >= 4 is 18.7 Å². The molecule has 0 fully saturated rings. The van der Waals surface area contributed by atoms with Crippen LogP contribution in [0.1, 0.15) is 10.4 Å². The van der Waals surface area contributed by atoms with Crippen LogP contribution in [0.15, 0.2) is 24.3 Å². The van der Waals surface area contributed by atoms with Crippen molar-refractivity contribution in [2.24, 2.45) is 0 Å². The average Bonchev–Trinajstić information content (AvgIpc) is 2.26. The van der Waals surface area contributed by atoms with Crippen molar-refractivity contribution in [1.29, 1.82) is 0 Å². The van der Waals surface area contributed by atoms with Crippen molar-refractivity contribution in [3.63, 3.8) is 0 Å². The van der Waals surface area contributed by atoms with Crippen LogP contribution in [0.25, 0.3) is 0 Å². The lowest BCUT2D eigenvalue weighted by molar-refractivity contribution is 0.0601. The molecule has 0 heterocycles.